The Hall–Kier alpha value is -0.990. The maximum absolute atomic E-state index is 13.4. The van der Waals surface area contributed by atoms with Gasteiger partial charge in [0.2, 0.25) is 0 Å². The molecule has 2 rings (SSSR count). The van der Waals surface area contributed by atoms with Crippen molar-refractivity contribution in [3.63, 3.8) is 0 Å². The number of hydrogen-bond acceptors (Lipinski definition) is 2. The molecule has 2 nitrogen and oxygen atoms in total. The highest BCUT2D eigenvalue weighted by molar-refractivity contribution is 5.08. The normalized spacial score (nSPS) is 19.4. The summed E-state index contributed by atoms with van der Waals surface area (Å²) in [4.78, 5) is 8.73. The molecule has 1 atom stereocenters. The molecule has 1 aliphatic rings. The lowest BCUT2D eigenvalue weighted by Crippen LogP contribution is -2.04. The number of halogens is 1. The second-order valence-corrected chi connectivity index (χ2v) is 4.89. The van der Waals surface area contributed by atoms with Gasteiger partial charge in [0.15, 0.2) is 0 Å². The summed E-state index contributed by atoms with van der Waals surface area (Å²) in [7, 11) is 0. The molecule has 88 valence electrons. The van der Waals surface area contributed by atoms with Gasteiger partial charge in [0.1, 0.15) is 5.67 Å². The van der Waals surface area contributed by atoms with E-state index < -0.39 is 5.67 Å². The first-order valence-electron chi connectivity index (χ1n) is 6.13. The molecule has 1 aliphatic carbocycles. The Morgan fingerprint density at radius 2 is 2.12 bits per heavy atom. The van der Waals surface area contributed by atoms with E-state index in [0.717, 1.165) is 30.7 Å². The van der Waals surface area contributed by atoms with E-state index in [0.29, 0.717) is 18.8 Å². The van der Waals surface area contributed by atoms with E-state index in [-0.39, 0.29) is 0 Å². The van der Waals surface area contributed by atoms with E-state index in [2.05, 4.69) is 23.8 Å². The van der Waals surface area contributed by atoms with Gasteiger partial charge >= 0.3 is 0 Å². The first-order chi connectivity index (χ1) is 7.63. The van der Waals surface area contributed by atoms with Crippen molar-refractivity contribution in [1.82, 2.24) is 9.97 Å². The van der Waals surface area contributed by atoms with Crippen LogP contribution in [0.3, 0.4) is 0 Å². The van der Waals surface area contributed by atoms with Crippen molar-refractivity contribution in [2.24, 2.45) is 0 Å². The summed E-state index contributed by atoms with van der Waals surface area (Å²) in [6.07, 6.45) is 7.47. The molecule has 0 aromatic carbocycles. The summed E-state index contributed by atoms with van der Waals surface area (Å²) in [5, 5.41) is 0. The van der Waals surface area contributed by atoms with Crippen molar-refractivity contribution in [3.8, 4) is 0 Å². The minimum Gasteiger partial charge on any atom is -0.258 e. The van der Waals surface area contributed by atoms with Crippen LogP contribution >= 0.6 is 0 Å². The van der Waals surface area contributed by atoms with Gasteiger partial charge in [-0.1, -0.05) is 13.8 Å². The zero-order valence-electron chi connectivity index (χ0n) is 10.0. The molecule has 3 heteroatoms. The van der Waals surface area contributed by atoms with Crippen LogP contribution in [0, 0.1) is 0 Å². The van der Waals surface area contributed by atoms with Crippen LogP contribution in [0.2, 0.25) is 0 Å². The van der Waals surface area contributed by atoms with Gasteiger partial charge in [-0.25, -0.2) is 4.39 Å². The van der Waals surface area contributed by atoms with Crippen molar-refractivity contribution in [1.29, 1.82) is 0 Å². The maximum atomic E-state index is 13.4. The lowest BCUT2D eigenvalue weighted by molar-refractivity contribution is 0.289. The molecule has 0 spiro atoms. The maximum Gasteiger partial charge on any atom is 0.111 e. The van der Waals surface area contributed by atoms with Crippen LogP contribution in [0.4, 0.5) is 4.39 Å². The molecule has 0 bridgehead atoms. The highest BCUT2D eigenvalue weighted by atomic mass is 19.1. The Bertz CT molecular complexity index is 343. The lowest BCUT2D eigenvalue weighted by Gasteiger charge is -2.08. The lowest BCUT2D eigenvalue weighted by atomic mass is 10.1. The third-order valence-corrected chi connectivity index (χ3v) is 3.46. The Labute approximate surface area is 96.3 Å². The van der Waals surface area contributed by atoms with Gasteiger partial charge in [-0.3, -0.25) is 9.97 Å². The van der Waals surface area contributed by atoms with E-state index in [1.165, 1.54) is 0 Å². The Morgan fingerprint density at radius 3 is 2.62 bits per heavy atom. The number of aromatic nitrogens is 2. The standard InChI is InChI=1S/C13H19FN2/c1-3-10(2)12-9-15-11(8-16-12)4-5-13(14)6-7-13/h8-10H,3-7H2,1-2H3. The Balaban J connectivity index is 1.91. The van der Waals surface area contributed by atoms with Gasteiger partial charge in [0, 0.05) is 12.4 Å². The van der Waals surface area contributed by atoms with Crippen LogP contribution in [0.5, 0.6) is 0 Å². The molecule has 1 aromatic rings. The van der Waals surface area contributed by atoms with Crippen LogP contribution in [0.25, 0.3) is 0 Å². The smallest absolute Gasteiger partial charge is 0.111 e. The Morgan fingerprint density at radius 1 is 1.38 bits per heavy atom. The molecular weight excluding hydrogens is 203 g/mol. The second-order valence-electron chi connectivity index (χ2n) is 4.89. The highest BCUT2D eigenvalue weighted by Gasteiger charge is 2.42. The molecule has 16 heavy (non-hydrogen) atoms. The average molecular weight is 222 g/mol. The number of rotatable bonds is 5. The van der Waals surface area contributed by atoms with Crippen LogP contribution in [0.15, 0.2) is 12.4 Å². The van der Waals surface area contributed by atoms with Crippen LogP contribution in [-0.4, -0.2) is 15.6 Å². The molecule has 1 unspecified atom stereocenters. The number of aryl methyl sites for hydroxylation is 1. The van der Waals surface area contributed by atoms with Crippen molar-refractivity contribution < 1.29 is 4.39 Å². The van der Waals surface area contributed by atoms with E-state index in [4.69, 9.17) is 0 Å². The summed E-state index contributed by atoms with van der Waals surface area (Å²) >= 11 is 0. The minimum absolute atomic E-state index is 0.456. The Kier molecular flexibility index (Phi) is 3.22. The van der Waals surface area contributed by atoms with E-state index in [9.17, 15) is 4.39 Å². The summed E-state index contributed by atoms with van der Waals surface area (Å²) in [6.45, 7) is 4.28. The van der Waals surface area contributed by atoms with Gasteiger partial charge in [-0.05, 0) is 38.0 Å². The van der Waals surface area contributed by atoms with Crippen molar-refractivity contribution in [2.75, 3.05) is 0 Å². The fraction of sp³-hybridized carbons (Fsp3) is 0.692. The van der Waals surface area contributed by atoms with Gasteiger partial charge in [-0.2, -0.15) is 0 Å². The number of hydrogen-bond donors (Lipinski definition) is 0. The monoisotopic (exact) mass is 222 g/mol. The molecule has 0 amide bonds. The third-order valence-electron chi connectivity index (χ3n) is 3.46. The molecule has 1 aromatic heterocycles. The molecule has 1 heterocycles. The molecule has 1 saturated carbocycles. The van der Waals surface area contributed by atoms with Crippen LogP contribution in [0.1, 0.15) is 56.8 Å². The summed E-state index contributed by atoms with van der Waals surface area (Å²) < 4.78 is 13.4. The van der Waals surface area contributed by atoms with Crippen molar-refractivity contribution in [3.05, 3.63) is 23.8 Å². The summed E-state index contributed by atoms with van der Waals surface area (Å²) in [5.41, 5.74) is 1.07. The topological polar surface area (TPSA) is 25.8 Å². The van der Waals surface area contributed by atoms with Gasteiger partial charge in [-0.15, -0.1) is 0 Å². The predicted octanol–water partition coefficient (Wildman–Crippen LogP) is 3.42. The van der Waals surface area contributed by atoms with Crippen LogP contribution in [-0.2, 0) is 6.42 Å². The zero-order chi connectivity index (χ0) is 11.6. The van der Waals surface area contributed by atoms with Crippen molar-refractivity contribution in [2.45, 2.75) is 57.5 Å². The second kappa shape index (κ2) is 4.48. The van der Waals surface area contributed by atoms with Crippen molar-refractivity contribution >= 4 is 0 Å². The quantitative estimate of drug-likeness (QED) is 0.762. The largest absolute Gasteiger partial charge is 0.258 e. The fourth-order valence-corrected chi connectivity index (χ4v) is 1.70. The number of alkyl halides is 1. The van der Waals surface area contributed by atoms with Gasteiger partial charge in [0.25, 0.3) is 0 Å². The molecule has 0 N–H and O–H groups in total. The first kappa shape index (κ1) is 11.5. The SMILES string of the molecule is CCC(C)c1cnc(CCC2(F)CC2)cn1. The first-order valence-corrected chi connectivity index (χ1v) is 6.13. The predicted molar refractivity (Wildman–Crippen MR) is 62.1 cm³/mol. The minimum atomic E-state index is -0.878. The highest BCUT2D eigenvalue weighted by Crippen LogP contribution is 2.43. The van der Waals surface area contributed by atoms with E-state index in [1.807, 2.05) is 6.20 Å². The fourth-order valence-electron chi connectivity index (χ4n) is 1.70. The third kappa shape index (κ3) is 2.77. The molecule has 0 radical (unpaired) electrons. The van der Waals surface area contributed by atoms with Crippen LogP contribution < -0.4 is 0 Å². The molecule has 0 aliphatic heterocycles. The zero-order valence-corrected chi connectivity index (χ0v) is 10.0. The van der Waals surface area contributed by atoms with E-state index >= 15 is 0 Å². The van der Waals surface area contributed by atoms with Gasteiger partial charge in [0.05, 0.1) is 11.4 Å². The molecular formula is C13H19FN2. The molecule has 0 saturated heterocycles. The number of nitrogens with zero attached hydrogens (tertiary/aromatic N) is 2. The average Bonchev–Trinajstić information content (AvgIpc) is 3.05. The molecule has 1 fully saturated rings. The van der Waals surface area contributed by atoms with E-state index in [1.54, 1.807) is 6.20 Å². The summed E-state index contributed by atoms with van der Waals surface area (Å²) in [5.74, 6) is 0.456. The summed E-state index contributed by atoms with van der Waals surface area (Å²) in [6, 6.07) is 0. The van der Waals surface area contributed by atoms with Gasteiger partial charge < -0.3 is 0 Å².